The second-order valence-electron chi connectivity index (χ2n) is 16.0. The summed E-state index contributed by atoms with van der Waals surface area (Å²) >= 11 is 0. The van der Waals surface area contributed by atoms with E-state index in [-0.39, 0.29) is 87.2 Å². The Kier molecular flexibility index (Phi) is 29.4. The third-order valence-corrected chi connectivity index (χ3v) is 15.3. The van der Waals surface area contributed by atoms with Crippen LogP contribution in [0.25, 0.3) is 0 Å². The zero-order valence-corrected chi connectivity index (χ0v) is 43.0. The van der Waals surface area contributed by atoms with Crippen LogP contribution in [0, 0.1) is 0 Å². The molecule has 1 aromatic carbocycles. The zero-order chi connectivity index (χ0) is 52.2. The normalized spacial score (nSPS) is 20.1. The van der Waals surface area contributed by atoms with Crippen LogP contribution in [-0.2, 0) is 54.4 Å². The molecule has 23 nitrogen and oxygen atoms in total. The Bertz CT molecular complexity index is 1920. The van der Waals surface area contributed by atoms with Gasteiger partial charge in [-0.3, -0.25) is 43.2 Å². The number of hydrogen-bond acceptors (Lipinski definition) is 17. The number of carboxylic acids is 1. The summed E-state index contributed by atoms with van der Waals surface area (Å²) in [6.07, 6.45) is -0.168. The fraction of sp³-hybridized carbons (Fsp3) is 0.628. The minimum atomic E-state index is -1.61. The van der Waals surface area contributed by atoms with Crippen LogP contribution >= 0.6 is 43.2 Å². The summed E-state index contributed by atoms with van der Waals surface area (Å²) in [6, 6.07) is -1.32. The maximum Gasteiger partial charge on any atom is 0.326 e. The predicted molar refractivity (Wildman–Crippen MR) is 269 cm³/mol. The number of nitrogens with zero attached hydrogens (tertiary/aromatic N) is 1. The van der Waals surface area contributed by atoms with Crippen molar-refractivity contribution in [2.45, 2.75) is 114 Å². The lowest BCUT2D eigenvalue weighted by Gasteiger charge is -2.27. The van der Waals surface area contributed by atoms with Crippen molar-refractivity contribution >= 4 is 102 Å². The number of aliphatic carboxylic acids is 1. The monoisotopic (exact) mass is 1060 g/mol. The Morgan fingerprint density at radius 2 is 1.51 bits per heavy atom. The summed E-state index contributed by atoms with van der Waals surface area (Å²) in [7, 11) is 6.50. The van der Waals surface area contributed by atoms with Gasteiger partial charge in [0, 0.05) is 68.8 Å². The average Bonchev–Trinajstić information content (AvgIpc) is 3.32. The molecule has 1 aromatic rings. The van der Waals surface area contributed by atoms with Gasteiger partial charge in [0.2, 0.25) is 53.2 Å². The van der Waals surface area contributed by atoms with E-state index in [2.05, 4.69) is 42.5 Å². The third-order valence-electron chi connectivity index (χ3n) is 10.5. The number of phenols is 1. The van der Waals surface area contributed by atoms with Gasteiger partial charge in [-0.05, 0) is 63.8 Å². The Morgan fingerprint density at radius 3 is 2.16 bits per heavy atom. The first-order chi connectivity index (χ1) is 33.3. The number of rotatable bonds is 23. The van der Waals surface area contributed by atoms with Crippen LogP contribution in [-0.4, -0.2) is 178 Å². The van der Waals surface area contributed by atoms with E-state index in [9.17, 15) is 58.2 Å². The van der Waals surface area contributed by atoms with E-state index < -0.39 is 96.2 Å². The van der Waals surface area contributed by atoms with Gasteiger partial charge < -0.3 is 68.5 Å². The molecule has 0 radical (unpaired) electrons. The lowest BCUT2D eigenvalue weighted by Crippen LogP contribution is -2.61. The molecule has 0 aliphatic carbocycles. The Hall–Kier alpha value is -4.96. The van der Waals surface area contributed by atoms with Gasteiger partial charge in [-0.25, -0.2) is 4.79 Å². The molecule has 0 saturated carbocycles. The molecule has 0 aromatic heterocycles. The number of aliphatic hydroxyl groups is 1. The van der Waals surface area contributed by atoms with Crippen LogP contribution in [0.3, 0.4) is 0 Å². The quantitative estimate of drug-likeness (QED) is 0.0439. The Morgan fingerprint density at radius 1 is 0.857 bits per heavy atom. The van der Waals surface area contributed by atoms with Crippen LogP contribution < -0.4 is 48.3 Å². The van der Waals surface area contributed by atoms with Gasteiger partial charge in [-0.15, -0.1) is 0 Å². The lowest BCUT2D eigenvalue weighted by molar-refractivity contribution is -0.148. The fourth-order valence-electron chi connectivity index (χ4n) is 6.22. The van der Waals surface area contributed by atoms with E-state index in [0.29, 0.717) is 29.9 Å². The topological polar surface area (TPSA) is 357 Å². The van der Waals surface area contributed by atoms with Crippen molar-refractivity contribution in [3.05, 3.63) is 29.8 Å². The van der Waals surface area contributed by atoms with Gasteiger partial charge in [0.25, 0.3) is 0 Å². The second kappa shape index (κ2) is 33.6. The van der Waals surface area contributed by atoms with E-state index in [1.165, 1.54) is 70.3 Å². The summed E-state index contributed by atoms with van der Waals surface area (Å²) < 4.78 is 0. The molecule has 2 rings (SSSR count). The van der Waals surface area contributed by atoms with Crippen LogP contribution in [0.1, 0.15) is 71.3 Å². The Labute approximate surface area is 423 Å². The second-order valence-corrected chi connectivity index (χ2v) is 21.4. The van der Waals surface area contributed by atoms with E-state index in [0.717, 1.165) is 10.8 Å². The number of unbranched alkanes of at least 4 members (excludes halogenated alkanes) is 1. The molecule has 1 saturated heterocycles. The number of aliphatic hydroxyl groups excluding tert-OH is 1. The minimum absolute atomic E-state index is 0.0000822. The number of carbonyl (C=O) groups is 10. The van der Waals surface area contributed by atoms with Crippen molar-refractivity contribution in [2.24, 2.45) is 5.73 Å². The predicted octanol–water partition coefficient (Wildman–Crippen LogP) is -1.49. The summed E-state index contributed by atoms with van der Waals surface area (Å²) in [5.74, 6) is -5.81. The number of nitrogens with one attached hydrogen (secondary N) is 8. The molecule has 1 heterocycles. The van der Waals surface area contributed by atoms with Crippen molar-refractivity contribution in [1.82, 2.24) is 47.4 Å². The molecule has 13 N–H and O–H groups in total. The molecule has 27 heteroatoms. The van der Waals surface area contributed by atoms with E-state index in [1.54, 1.807) is 19.1 Å². The maximum atomic E-state index is 13.8. The van der Waals surface area contributed by atoms with Crippen molar-refractivity contribution < 1.29 is 63.3 Å². The molecule has 392 valence electrons. The zero-order valence-electron chi connectivity index (χ0n) is 39.7. The van der Waals surface area contributed by atoms with Crippen molar-refractivity contribution in [3.63, 3.8) is 0 Å². The number of phenolic OH excluding ortho intramolecular Hbond substituents is 1. The van der Waals surface area contributed by atoms with Crippen molar-refractivity contribution in [1.29, 1.82) is 0 Å². The molecule has 1 aliphatic heterocycles. The minimum Gasteiger partial charge on any atom is -0.508 e. The molecular weight excluding hydrogens is 993 g/mol. The molecule has 1 aliphatic rings. The SMILES string of the molecule is CC[C@H](NC(=O)[C@@H]1CSSCCC(=O)N[C@@H](Cc2ccc(O)cc2)C(=O)NCC(=O)N[C@@H](CCCCN)C(=O)N[C@@H]([C@@H](C)O)C(=O)N1)C(=O)NCCNC(=O)CCSSCCC(=O)N(C)[C@@H](C)C(=O)O. The smallest absolute Gasteiger partial charge is 0.326 e. The number of amides is 9. The maximum absolute atomic E-state index is 13.8. The van der Waals surface area contributed by atoms with Crippen molar-refractivity contribution in [3.8, 4) is 5.75 Å². The van der Waals surface area contributed by atoms with Crippen LogP contribution in [0.4, 0.5) is 0 Å². The number of carboxylic acid groups (broad SMARTS) is 1. The van der Waals surface area contributed by atoms with Gasteiger partial charge in [-0.2, -0.15) is 0 Å². The molecule has 7 atom stereocenters. The largest absolute Gasteiger partial charge is 0.508 e. The van der Waals surface area contributed by atoms with Gasteiger partial charge in [-0.1, -0.05) is 62.2 Å². The van der Waals surface area contributed by atoms with Crippen LogP contribution in [0.15, 0.2) is 24.3 Å². The number of benzene rings is 1. The highest BCUT2D eigenvalue weighted by Crippen LogP contribution is 2.24. The molecule has 0 bridgehead atoms. The first-order valence-corrected chi connectivity index (χ1v) is 27.7. The van der Waals surface area contributed by atoms with Gasteiger partial charge >= 0.3 is 5.97 Å². The first kappa shape index (κ1) is 61.2. The van der Waals surface area contributed by atoms with Gasteiger partial charge in [0.05, 0.1) is 12.6 Å². The summed E-state index contributed by atoms with van der Waals surface area (Å²) in [5.41, 5.74) is 6.26. The number of nitrogens with two attached hydrogens (primary N) is 1. The molecule has 0 spiro atoms. The summed E-state index contributed by atoms with van der Waals surface area (Å²) in [6.45, 7) is 4.13. The van der Waals surface area contributed by atoms with Gasteiger partial charge in [0.1, 0.15) is 42.0 Å². The van der Waals surface area contributed by atoms with E-state index in [4.69, 9.17) is 10.8 Å². The number of aromatic hydroxyl groups is 1. The molecule has 70 heavy (non-hydrogen) atoms. The van der Waals surface area contributed by atoms with E-state index >= 15 is 0 Å². The highest BCUT2D eigenvalue weighted by molar-refractivity contribution is 8.77. The molecule has 0 unspecified atom stereocenters. The third kappa shape index (κ3) is 23.8. The average molecular weight is 1060 g/mol. The summed E-state index contributed by atoms with van der Waals surface area (Å²) in [4.78, 5) is 131. The van der Waals surface area contributed by atoms with E-state index in [1.807, 2.05) is 0 Å². The van der Waals surface area contributed by atoms with Crippen LogP contribution in [0.2, 0.25) is 0 Å². The summed E-state index contributed by atoms with van der Waals surface area (Å²) in [5, 5.41) is 50.2. The highest BCUT2D eigenvalue weighted by Gasteiger charge is 2.34. The number of likely N-dealkylation sites (N-methyl/N-ethyl adjacent to an activating group) is 1. The highest BCUT2D eigenvalue weighted by atomic mass is 33.1. The van der Waals surface area contributed by atoms with Crippen LogP contribution in [0.5, 0.6) is 5.75 Å². The number of carbonyl (C=O) groups excluding carboxylic acids is 9. The van der Waals surface area contributed by atoms with Gasteiger partial charge in [0.15, 0.2) is 0 Å². The molecular formula is C43H68N10O13S4. The standard InChI is InChI=1S/C43H68N10O13S4/c1-5-29(38(60)46-18-17-45-33(56)13-19-67-68-21-15-36(59)53(4)25(2)43(65)66)50-41(63)32-24-70-69-20-14-34(57)49-31(22-27-9-11-28(55)12-10-27)39(61)47-23-35(58)48-30(8-6-7-16-44)40(62)52-37(26(3)54)42(64)51-32/h9-12,25-26,29-32,37,54-55H,5-8,13-24,44H2,1-4H3,(H,45,56)(H,46,60)(H,47,61)(H,48,58)(H,49,57)(H,50,63)(H,51,64)(H,52,62)(H,65,66)/t25-,26+,29-,30-,31-,32-,37-/m0/s1. The first-order valence-electron chi connectivity index (χ1n) is 22.7. The molecule has 9 amide bonds. The number of hydrogen-bond donors (Lipinski definition) is 12. The molecule has 1 fully saturated rings. The van der Waals surface area contributed by atoms with Crippen molar-refractivity contribution in [2.75, 3.05) is 56.2 Å². The fourth-order valence-corrected chi connectivity index (χ4v) is 10.3. The lowest BCUT2D eigenvalue weighted by atomic mass is 10.0. The Balaban J connectivity index is 2.12.